The highest BCUT2D eigenvalue weighted by atomic mass is 14.4. The fourth-order valence-corrected chi connectivity index (χ4v) is 2.21. The van der Waals surface area contributed by atoms with Crippen LogP contribution in [0.4, 0.5) is 0 Å². The first-order valence-electron chi connectivity index (χ1n) is 5.03. The first-order valence-corrected chi connectivity index (χ1v) is 5.03. The van der Waals surface area contributed by atoms with E-state index in [1.165, 1.54) is 24.0 Å². The number of hydrogen-bond acceptors (Lipinski definition) is 0. The summed E-state index contributed by atoms with van der Waals surface area (Å²) in [4.78, 5) is 0. The van der Waals surface area contributed by atoms with Crippen LogP contribution in [-0.4, -0.2) is 0 Å². The van der Waals surface area contributed by atoms with Gasteiger partial charge in [-0.25, -0.2) is 0 Å². The molecule has 0 unspecified atom stereocenters. The van der Waals surface area contributed by atoms with Crippen LogP contribution >= 0.6 is 0 Å². The third-order valence-corrected chi connectivity index (χ3v) is 2.89. The molecule has 0 heterocycles. The molecule has 1 aromatic rings. The molecule has 0 nitrogen and oxygen atoms in total. The Morgan fingerprint density at radius 2 is 1.69 bits per heavy atom. The van der Waals surface area contributed by atoms with Crippen LogP contribution in [0.2, 0.25) is 0 Å². The highest BCUT2D eigenvalue weighted by molar-refractivity contribution is 5.45. The second-order valence-electron chi connectivity index (χ2n) is 4.89. The molecule has 0 atom stereocenters. The highest BCUT2D eigenvalue weighted by Gasteiger charge is 2.32. The monoisotopic (exact) mass is 173 g/mol. The van der Waals surface area contributed by atoms with Gasteiger partial charge in [0.25, 0.3) is 0 Å². The molecule has 0 saturated carbocycles. The molecule has 0 bridgehead atoms. The van der Waals surface area contributed by atoms with Crippen molar-refractivity contribution >= 4 is 0 Å². The molecule has 1 radical (unpaired) electrons. The van der Waals surface area contributed by atoms with Gasteiger partial charge >= 0.3 is 0 Å². The maximum Gasteiger partial charge on any atom is 0.0109 e. The van der Waals surface area contributed by atoms with E-state index in [2.05, 4.69) is 45.0 Å². The van der Waals surface area contributed by atoms with Gasteiger partial charge in [-0.05, 0) is 29.4 Å². The summed E-state index contributed by atoms with van der Waals surface area (Å²) in [5.41, 5.74) is 3.38. The summed E-state index contributed by atoms with van der Waals surface area (Å²) in [6.07, 6.45) is 2.49. The fraction of sp³-hybridized carbons (Fsp3) is 0.462. The molecular formula is C13H17. The van der Waals surface area contributed by atoms with Crippen LogP contribution in [0, 0.1) is 11.3 Å². The molecular weight excluding hydrogens is 156 g/mol. The molecule has 0 N–H and O–H groups in total. The molecule has 13 heavy (non-hydrogen) atoms. The molecule has 0 aliphatic heterocycles. The third kappa shape index (κ3) is 1.50. The van der Waals surface area contributed by atoms with E-state index in [0.29, 0.717) is 5.41 Å². The summed E-state index contributed by atoms with van der Waals surface area (Å²) in [6, 6.07) is 8.82. The standard InChI is InChI=1S/C13H17/c1-13(2,3)12-9-8-10-6-4-5-7-11(10)12/h4-7H,8-9H2,1-3H3. The lowest BCUT2D eigenvalue weighted by Gasteiger charge is -2.26. The molecule has 2 rings (SSSR count). The Morgan fingerprint density at radius 3 is 2.38 bits per heavy atom. The van der Waals surface area contributed by atoms with Crippen molar-refractivity contribution in [1.29, 1.82) is 0 Å². The Morgan fingerprint density at radius 1 is 1.00 bits per heavy atom. The van der Waals surface area contributed by atoms with E-state index in [-0.39, 0.29) is 0 Å². The van der Waals surface area contributed by atoms with E-state index in [1.807, 2.05) is 0 Å². The van der Waals surface area contributed by atoms with Crippen molar-refractivity contribution in [3.63, 3.8) is 0 Å². The lowest BCUT2D eigenvalue weighted by atomic mass is 9.77. The van der Waals surface area contributed by atoms with Crippen LogP contribution in [0.1, 0.15) is 38.3 Å². The van der Waals surface area contributed by atoms with Crippen LogP contribution in [0.5, 0.6) is 0 Å². The minimum atomic E-state index is 0.340. The van der Waals surface area contributed by atoms with Gasteiger partial charge < -0.3 is 0 Å². The van der Waals surface area contributed by atoms with Gasteiger partial charge in [-0.1, -0.05) is 45.0 Å². The Labute approximate surface area is 81.0 Å². The lowest BCUT2D eigenvalue weighted by Crippen LogP contribution is -2.16. The van der Waals surface area contributed by atoms with E-state index in [0.717, 1.165) is 0 Å². The highest BCUT2D eigenvalue weighted by Crippen LogP contribution is 2.43. The number of aryl methyl sites for hydroxylation is 1. The van der Waals surface area contributed by atoms with E-state index in [4.69, 9.17) is 0 Å². The summed E-state index contributed by atoms with van der Waals surface area (Å²) in [5.74, 6) is 1.63. The fourth-order valence-electron chi connectivity index (χ4n) is 2.21. The van der Waals surface area contributed by atoms with Crippen molar-refractivity contribution in [2.45, 2.75) is 33.6 Å². The maximum atomic E-state index is 2.31. The third-order valence-electron chi connectivity index (χ3n) is 2.89. The lowest BCUT2D eigenvalue weighted by molar-refractivity contribution is 0.436. The quantitative estimate of drug-likeness (QED) is 0.562. The van der Waals surface area contributed by atoms with Gasteiger partial charge in [0.15, 0.2) is 0 Å². The van der Waals surface area contributed by atoms with E-state index < -0.39 is 0 Å². The molecule has 0 amide bonds. The SMILES string of the molecule is CC(C)(C)[C]1CCc2ccccc21. The smallest absolute Gasteiger partial charge is 0.0109 e. The summed E-state index contributed by atoms with van der Waals surface area (Å²) in [6.45, 7) is 6.93. The molecule has 1 aliphatic rings. The predicted octanol–water partition coefficient (Wildman–Crippen LogP) is 3.60. The summed E-state index contributed by atoms with van der Waals surface area (Å²) >= 11 is 0. The number of rotatable bonds is 0. The van der Waals surface area contributed by atoms with Gasteiger partial charge in [0, 0.05) is 5.92 Å². The molecule has 1 aromatic carbocycles. The average Bonchev–Trinajstić information content (AvgIpc) is 2.45. The number of benzene rings is 1. The maximum absolute atomic E-state index is 2.31. The molecule has 0 heteroatoms. The van der Waals surface area contributed by atoms with Crippen LogP contribution in [-0.2, 0) is 6.42 Å². The molecule has 0 fully saturated rings. The van der Waals surface area contributed by atoms with Gasteiger partial charge in [0.2, 0.25) is 0 Å². The van der Waals surface area contributed by atoms with E-state index in [9.17, 15) is 0 Å². The summed E-state index contributed by atoms with van der Waals surface area (Å²) < 4.78 is 0. The van der Waals surface area contributed by atoms with Gasteiger partial charge in [-0.2, -0.15) is 0 Å². The first-order chi connectivity index (χ1) is 6.09. The van der Waals surface area contributed by atoms with Crippen molar-refractivity contribution < 1.29 is 0 Å². The van der Waals surface area contributed by atoms with Crippen LogP contribution in [0.3, 0.4) is 0 Å². The molecule has 1 aliphatic carbocycles. The summed E-state index contributed by atoms with van der Waals surface area (Å²) in [7, 11) is 0. The predicted molar refractivity (Wildman–Crippen MR) is 56.6 cm³/mol. The van der Waals surface area contributed by atoms with Crippen molar-refractivity contribution in [2.75, 3.05) is 0 Å². The van der Waals surface area contributed by atoms with Crippen LogP contribution in [0.15, 0.2) is 24.3 Å². The van der Waals surface area contributed by atoms with Gasteiger partial charge in [0.1, 0.15) is 0 Å². The minimum Gasteiger partial charge on any atom is -0.0620 e. The normalized spacial score (nSPS) is 17.5. The molecule has 0 aromatic heterocycles. The van der Waals surface area contributed by atoms with Crippen molar-refractivity contribution in [1.82, 2.24) is 0 Å². The average molecular weight is 173 g/mol. The van der Waals surface area contributed by atoms with Crippen molar-refractivity contribution in [3.8, 4) is 0 Å². The largest absolute Gasteiger partial charge is 0.0620 e. The van der Waals surface area contributed by atoms with Gasteiger partial charge in [-0.3, -0.25) is 0 Å². The van der Waals surface area contributed by atoms with Crippen LogP contribution < -0.4 is 0 Å². The number of hydrogen-bond donors (Lipinski definition) is 0. The van der Waals surface area contributed by atoms with Crippen molar-refractivity contribution in [2.24, 2.45) is 5.41 Å². The van der Waals surface area contributed by atoms with Crippen molar-refractivity contribution in [3.05, 3.63) is 41.3 Å². The van der Waals surface area contributed by atoms with E-state index in [1.54, 1.807) is 5.92 Å². The minimum absolute atomic E-state index is 0.340. The Kier molecular flexibility index (Phi) is 1.94. The Bertz CT molecular complexity index is 304. The molecule has 69 valence electrons. The molecule has 0 saturated heterocycles. The topological polar surface area (TPSA) is 0 Å². The van der Waals surface area contributed by atoms with Gasteiger partial charge in [0.05, 0.1) is 0 Å². The number of fused-ring (bicyclic) bond motifs is 1. The van der Waals surface area contributed by atoms with E-state index >= 15 is 0 Å². The first kappa shape index (κ1) is 8.80. The zero-order chi connectivity index (χ0) is 9.47. The van der Waals surface area contributed by atoms with Gasteiger partial charge in [-0.15, -0.1) is 0 Å². The Hall–Kier alpha value is -0.780. The second kappa shape index (κ2) is 2.87. The Balaban J connectivity index is 2.39. The molecule has 0 spiro atoms. The summed E-state index contributed by atoms with van der Waals surface area (Å²) in [5, 5.41) is 0. The van der Waals surface area contributed by atoms with Crippen LogP contribution in [0.25, 0.3) is 0 Å². The zero-order valence-electron chi connectivity index (χ0n) is 8.72. The second-order valence-corrected chi connectivity index (χ2v) is 4.89. The zero-order valence-corrected chi connectivity index (χ0v) is 8.72.